The summed E-state index contributed by atoms with van der Waals surface area (Å²) < 4.78 is 72.8. The fraction of sp³-hybridized carbons (Fsp3) is 0.250. The zero-order valence-corrected chi connectivity index (χ0v) is 9.13. The van der Waals surface area contributed by atoms with Crippen LogP contribution < -0.4 is 6.15 Å². The molecule has 9 heteroatoms. The average Bonchev–Trinajstić information content (AvgIpc) is 2.16. The molecule has 0 fully saturated rings. The highest BCUT2D eigenvalue weighted by Crippen LogP contribution is 2.30. The van der Waals surface area contributed by atoms with Gasteiger partial charge in [0, 0.05) is 5.56 Å². The van der Waals surface area contributed by atoms with E-state index in [2.05, 4.69) is 4.18 Å². The Labute approximate surface area is 94.9 Å². The van der Waals surface area contributed by atoms with Crippen LogP contribution in [0.3, 0.4) is 0 Å². The summed E-state index contributed by atoms with van der Waals surface area (Å²) in [5.74, 6) is 0. The Balaban J connectivity index is 0.00000256. The van der Waals surface area contributed by atoms with Gasteiger partial charge in [-0.3, -0.25) is 0 Å². The second kappa shape index (κ2) is 5.43. The Morgan fingerprint density at radius 2 is 1.59 bits per heavy atom. The smallest absolute Gasteiger partial charge is 0.344 e. The van der Waals surface area contributed by atoms with Gasteiger partial charge in [-0.2, -0.15) is 21.6 Å². The molecule has 1 atom stereocenters. The molecule has 3 N–H and O–H groups in total. The number of halogens is 4. The lowest BCUT2D eigenvalue weighted by atomic mass is 10.2. The van der Waals surface area contributed by atoms with Gasteiger partial charge in [0.2, 0.25) is 6.36 Å². The third-order valence-corrected chi connectivity index (χ3v) is 2.55. The summed E-state index contributed by atoms with van der Waals surface area (Å²) in [5.41, 5.74) is -5.94. The van der Waals surface area contributed by atoms with Crippen molar-refractivity contribution in [2.45, 2.75) is 11.9 Å². The van der Waals surface area contributed by atoms with E-state index in [9.17, 15) is 26.0 Å². The van der Waals surface area contributed by atoms with E-state index < -0.39 is 22.0 Å². The van der Waals surface area contributed by atoms with E-state index in [4.69, 9.17) is 0 Å². The molecule has 0 aliphatic rings. The van der Waals surface area contributed by atoms with Crippen molar-refractivity contribution in [1.29, 1.82) is 0 Å². The lowest BCUT2D eigenvalue weighted by Gasteiger charge is -2.11. The van der Waals surface area contributed by atoms with Crippen molar-refractivity contribution in [3.63, 3.8) is 0 Å². The number of alkyl halides is 4. The summed E-state index contributed by atoms with van der Waals surface area (Å²) in [6, 6.07) is 6.39. The summed E-state index contributed by atoms with van der Waals surface area (Å²) in [5, 5.41) is 0. The quantitative estimate of drug-likeness (QED) is 0.522. The molecule has 0 bridgehead atoms. The average molecular weight is 275 g/mol. The molecule has 0 saturated heterocycles. The number of rotatable bonds is 3. The van der Waals surface area contributed by atoms with Crippen molar-refractivity contribution in [3.8, 4) is 0 Å². The topological polar surface area (TPSA) is 78.4 Å². The summed E-state index contributed by atoms with van der Waals surface area (Å²) in [6.07, 6.45) is -2.67. The van der Waals surface area contributed by atoms with E-state index in [1.165, 1.54) is 18.2 Å². The molecule has 0 aromatic heterocycles. The maximum atomic E-state index is 13.1. The zero-order chi connectivity index (χ0) is 12.4. The van der Waals surface area contributed by atoms with Gasteiger partial charge in [0.05, 0.1) is 0 Å². The molecule has 1 aromatic rings. The van der Waals surface area contributed by atoms with Gasteiger partial charge in [0.25, 0.3) is 0 Å². The highest BCUT2D eigenvalue weighted by molar-refractivity contribution is 7.87. The minimum absolute atomic E-state index is 0. The van der Waals surface area contributed by atoms with Crippen molar-refractivity contribution in [2.24, 2.45) is 0 Å². The highest BCUT2D eigenvalue weighted by Gasteiger charge is 2.49. The minimum atomic E-state index is -5.92. The van der Waals surface area contributed by atoms with Crippen molar-refractivity contribution < 1.29 is 30.2 Å². The van der Waals surface area contributed by atoms with Gasteiger partial charge in [-0.1, -0.05) is 30.3 Å². The Morgan fingerprint density at radius 1 is 1.12 bits per heavy atom. The SMILES string of the molecule is N.O=S(=O)(OC(F)c1ccccc1)C(F)(F)F. The molecule has 4 nitrogen and oxygen atoms in total. The first-order chi connectivity index (χ1) is 7.24. The Hall–Kier alpha value is -1.19. The second-order valence-corrected chi connectivity index (χ2v) is 4.29. The highest BCUT2D eigenvalue weighted by atomic mass is 32.2. The zero-order valence-electron chi connectivity index (χ0n) is 8.32. The summed E-state index contributed by atoms with van der Waals surface area (Å²) in [4.78, 5) is 0. The Kier molecular flexibility index (Phi) is 5.05. The van der Waals surface area contributed by atoms with Crippen molar-refractivity contribution in [1.82, 2.24) is 6.15 Å². The standard InChI is InChI=1S/C8H6F4O3S.H3N/c9-7(6-4-2-1-3-5-6)15-16(13,14)8(10,11)12;/h1-5,7H;1H3. The second-order valence-electron chi connectivity index (χ2n) is 2.72. The molecule has 0 saturated carbocycles. The van der Waals surface area contributed by atoms with Gasteiger partial charge in [0.15, 0.2) is 0 Å². The molecule has 0 aliphatic heterocycles. The minimum Gasteiger partial charge on any atom is -0.344 e. The third-order valence-electron chi connectivity index (χ3n) is 1.56. The summed E-state index contributed by atoms with van der Waals surface area (Å²) >= 11 is 0. The molecule has 0 aliphatic carbocycles. The van der Waals surface area contributed by atoms with Crippen molar-refractivity contribution >= 4 is 10.1 Å². The van der Waals surface area contributed by atoms with Crippen LogP contribution in [0.1, 0.15) is 11.9 Å². The molecule has 1 rings (SSSR count). The van der Waals surface area contributed by atoms with Crippen LogP contribution in [0.5, 0.6) is 0 Å². The monoisotopic (exact) mass is 275 g/mol. The van der Waals surface area contributed by atoms with Crippen LogP contribution in [0.4, 0.5) is 17.6 Å². The molecule has 98 valence electrons. The maximum absolute atomic E-state index is 13.1. The summed E-state index contributed by atoms with van der Waals surface area (Å²) in [7, 11) is -5.92. The largest absolute Gasteiger partial charge is 0.523 e. The van der Waals surface area contributed by atoms with E-state index >= 15 is 0 Å². The van der Waals surface area contributed by atoms with Gasteiger partial charge in [-0.05, 0) is 0 Å². The molecular weight excluding hydrogens is 266 g/mol. The van der Waals surface area contributed by atoms with Gasteiger partial charge in [0.1, 0.15) is 0 Å². The van der Waals surface area contributed by atoms with E-state index in [1.54, 1.807) is 0 Å². The van der Waals surface area contributed by atoms with Crippen molar-refractivity contribution in [2.75, 3.05) is 0 Å². The fourth-order valence-electron chi connectivity index (χ4n) is 0.826. The molecule has 0 amide bonds. The molecule has 1 aromatic carbocycles. The predicted octanol–water partition coefficient (Wildman–Crippen LogP) is 2.68. The molecular formula is C8H9F4NO3S. The predicted molar refractivity (Wildman–Crippen MR) is 51.4 cm³/mol. The molecule has 0 radical (unpaired) electrons. The van der Waals surface area contributed by atoms with Crippen molar-refractivity contribution in [3.05, 3.63) is 35.9 Å². The molecule has 1 unspecified atom stereocenters. The maximum Gasteiger partial charge on any atom is 0.523 e. The lowest BCUT2D eigenvalue weighted by Crippen LogP contribution is -2.26. The fourth-order valence-corrected chi connectivity index (χ4v) is 1.27. The third kappa shape index (κ3) is 3.95. The number of hydrogen-bond donors (Lipinski definition) is 1. The van der Waals surface area contributed by atoms with Crippen LogP contribution in [0.2, 0.25) is 0 Å². The van der Waals surface area contributed by atoms with E-state index in [1.807, 2.05) is 0 Å². The normalized spacial score (nSPS) is 13.9. The van der Waals surface area contributed by atoms with Crippen LogP contribution in [0.15, 0.2) is 30.3 Å². The first-order valence-electron chi connectivity index (χ1n) is 3.92. The molecule has 0 heterocycles. The van der Waals surface area contributed by atoms with Gasteiger partial charge in [-0.15, -0.1) is 0 Å². The van der Waals surface area contributed by atoms with E-state index in [-0.39, 0.29) is 11.7 Å². The Bertz CT molecular complexity index is 446. The van der Waals surface area contributed by atoms with E-state index in [0.717, 1.165) is 12.1 Å². The Morgan fingerprint density at radius 3 is 2.00 bits per heavy atom. The van der Waals surface area contributed by atoms with Crippen LogP contribution in [0, 0.1) is 0 Å². The molecule has 17 heavy (non-hydrogen) atoms. The van der Waals surface area contributed by atoms with Crippen LogP contribution in [-0.4, -0.2) is 13.9 Å². The van der Waals surface area contributed by atoms with E-state index in [0.29, 0.717) is 0 Å². The first kappa shape index (κ1) is 15.8. The molecule has 0 spiro atoms. The van der Waals surface area contributed by atoms with Crippen LogP contribution in [0.25, 0.3) is 0 Å². The number of benzene rings is 1. The first-order valence-corrected chi connectivity index (χ1v) is 5.33. The summed E-state index contributed by atoms with van der Waals surface area (Å²) in [6.45, 7) is 0. The van der Waals surface area contributed by atoms with Crippen LogP contribution >= 0.6 is 0 Å². The van der Waals surface area contributed by atoms with Gasteiger partial charge in [-0.25, -0.2) is 8.57 Å². The van der Waals surface area contributed by atoms with Gasteiger partial charge < -0.3 is 6.15 Å². The van der Waals surface area contributed by atoms with Gasteiger partial charge >= 0.3 is 15.6 Å². The lowest BCUT2D eigenvalue weighted by molar-refractivity contribution is -0.0650. The number of hydrogen-bond acceptors (Lipinski definition) is 4. The van der Waals surface area contributed by atoms with Crippen LogP contribution in [-0.2, 0) is 14.3 Å².